The largest absolute Gasteiger partial charge is 0.345 e. The van der Waals surface area contributed by atoms with Crippen LogP contribution >= 0.6 is 36.2 Å². The number of anilines is 1. The fraction of sp³-hybridized carbons (Fsp3) is 0.714. The molecule has 0 bridgehead atoms. The van der Waals surface area contributed by atoms with Crippen molar-refractivity contribution >= 4 is 47.2 Å². The van der Waals surface area contributed by atoms with Gasteiger partial charge in [-0.2, -0.15) is 0 Å². The molecular weight excluding hydrogens is 343 g/mol. The summed E-state index contributed by atoms with van der Waals surface area (Å²) in [5, 5.41) is 3.11. The smallest absolute Gasteiger partial charge is 0.240 e. The van der Waals surface area contributed by atoms with Gasteiger partial charge in [-0.25, -0.2) is 4.98 Å². The van der Waals surface area contributed by atoms with E-state index in [0.29, 0.717) is 0 Å². The van der Waals surface area contributed by atoms with Gasteiger partial charge in [-0.15, -0.1) is 36.2 Å². The van der Waals surface area contributed by atoms with E-state index >= 15 is 0 Å². The lowest BCUT2D eigenvalue weighted by atomic mass is 9.86. The molecule has 128 valence electrons. The summed E-state index contributed by atoms with van der Waals surface area (Å²) in [6, 6.07) is -0.434. The Hall–Kier alpha value is -0.560. The monoisotopic (exact) mass is 368 g/mol. The van der Waals surface area contributed by atoms with Crippen molar-refractivity contribution in [1.29, 1.82) is 0 Å². The highest BCUT2D eigenvalue weighted by Crippen LogP contribution is 2.23. The van der Waals surface area contributed by atoms with E-state index in [-0.39, 0.29) is 36.1 Å². The number of hydrogen-bond acceptors (Lipinski definition) is 5. The number of thiazole rings is 1. The summed E-state index contributed by atoms with van der Waals surface area (Å²) in [6.45, 7) is 11.1. The number of halogens is 2. The van der Waals surface area contributed by atoms with Crippen molar-refractivity contribution in [2.75, 3.05) is 31.1 Å². The number of nitrogens with zero attached hydrogens (tertiary/aromatic N) is 3. The third-order valence-corrected chi connectivity index (χ3v) is 4.69. The maximum absolute atomic E-state index is 12.4. The number of hydrogen-bond donors (Lipinski definition) is 1. The summed E-state index contributed by atoms with van der Waals surface area (Å²) in [5.74, 6) is 0.0625. The molecular formula is C14H26Cl2N4OS. The van der Waals surface area contributed by atoms with Gasteiger partial charge in [-0.1, -0.05) is 20.8 Å². The molecule has 0 unspecified atom stereocenters. The van der Waals surface area contributed by atoms with E-state index in [1.54, 1.807) is 11.3 Å². The van der Waals surface area contributed by atoms with Gasteiger partial charge in [0.05, 0.1) is 11.7 Å². The van der Waals surface area contributed by atoms with E-state index in [0.717, 1.165) is 37.0 Å². The number of nitrogens with two attached hydrogens (primary N) is 1. The van der Waals surface area contributed by atoms with Crippen molar-refractivity contribution in [2.24, 2.45) is 11.1 Å². The van der Waals surface area contributed by atoms with Gasteiger partial charge in [0, 0.05) is 31.6 Å². The third kappa shape index (κ3) is 4.98. The SMILES string of the molecule is Cc1csc(N2CCN(C(=O)[C@@H](N)C(C)(C)C)CC2)n1.Cl.Cl. The van der Waals surface area contributed by atoms with E-state index in [9.17, 15) is 4.79 Å². The van der Waals surface area contributed by atoms with Crippen molar-refractivity contribution in [3.63, 3.8) is 0 Å². The van der Waals surface area contributed by atoms with Gasteiger partial charge in [0.1, 0.15) is 0 Å². The summed E-state index contributed by atoms with van der Waals surface area (Å²) in [6.07, 6.45) is 0. The molecule has 1 aliphatic rings. The zero-order chi connectivity index (χ0) is 14.9. The summed E-state index contributed by atoms with van der Waals surface area (Å²) >= 11 is 1.66. The Morgan fingerprint density at radius 3 is 2.23 bits per heavy atom. The number of carbonyl (C=O) groups excluding carboxylic acids is 1. The van der Waals surface area contributed by atoms with Crippen molar-refractivity contribution in [2.45, 2.75) is 33.7 Å². The Kier molecular flexibility index (Phi) is 8.12. The Labute approximate surface area is 149 Å². The first-order chi connectivity index (χ1) is 9.29. The minimum Gasteiger partial charge on any atom is -0.345 e. The van der Waals surface area contributed by atoms with Crippen LogP contribution in [0.25, 0.3) is 0 Å². The number of aryl methyl sites for hydroxylation is 1. The van der Waals surface area contributed by atoms with Gasteiger partial charge < -0.3 is 15.5 Å². The van der Waals surface area contributed by atoms with Gasteiger partial charge >= 0.3 is 0 Å². The van der Waals surface area contributed by atoms with Gasteiger partial charge in [-0.3, -0.25) is 4.79 Å². The van der Waals surface area contributed by atoms with Crippen LogP contribution in [0.15, 0.2) is 5.38 Å². The molecule has 1 atom stereocenters. The van der Waals surface area contributed by atoms with Gasteiger partial charge in [0.25, 0.3) is 0 Å². The second-order valence-corrected chi connectivity index (χ2v) is 7.26. The van der Waals surface area contributed by atoms with Gasteiger partial charge in [-0.05, 0) is 12.3 Å². The first-order valence-electron chi connectivity index (χ1n) is 7.00. The van der Waals surface area contributed by atoms with Crippen LogP contribution in [0.5, 0.6) is 0 Å². The van der Waals surface area contributed by atoms with E-state index in [2.05, 4.69) is 15.3 Å². The zero-order valence-corrected chi connectivity index (χ0v) is 16.0. The normalized spacial score (nSPS) is 16.6. The van der Waals surface area contributed by atoms with Crippen LogP contribution in [0.2, 0.25) is 0 Å². The highest BCUT2D eigenvalue weighted by molar-refractivity contribution is 7.13. The molecule has 0 spiro atoms. The molecule has 2 N–H and O–H groups in total. The maximum Gasteiger partial charge on any atom is 0.240 e. The number of carbonyl (C=O) groups is 1. The van der Waals surface area contributed by atoms with Gasteiger partial charge in [0.2, 0.25) is 5.91 Å². The molecule has 0 saturated carbocycles. The number of rotatable bonds is 2. The van der Waals surface area contributed by atoms with E-state index in [1.165, 1.54) is 0 Å². The molecule has 1 aromatic heterocycles. The topological polar surface area (TPSA) is 62.5 Å². The predicted molar refractivity (Wildman–Crippen MR) is 97.6 cm³/mol. The molecule has 0 radical (unpaired) electrons. The average Bonchev–Trinajstić information content (AvgIpc) is 2.83. The number of piperazine rings is 1. The Morgan fingerprint density at radius 2 is 1.82 bits per heavy atom. The van der Waals surface area contributed by atoms with E-state index in [4.69, 9.17) is 5.73 Å². The molecule has 1 amide bonds. The van der Waals surface area contributed by atoms with Crippen molar-refractivity contribution in [3.8, 4) is 0 Å². The highest BCUT2D eigenvalue weighted by Gasteiger charge is 2.32. The van der Waals surface area contributed by atoms with Crippen LogP contribution in [0.4, 0.5) is 5.13 Å². The first-order valence-corrected chi connectivity index (χ1v) is 7.88. The lowest BCUT2D eigenvalue weighted by Crippen LogP contribution is -2.56. The molecule has 1 aliphatic heterocycles. The maximum atomic E-state index is 12.4. The van der Waals surface area contributed by atoms with Crippen molar-refractivity contribution < 1.29 is 4.79 Å². The van der Waals surface area contributed by atoms with Crippen LogP contribution < -0.4 is 10.6 Å². The fourth-order valence-corrected chi connectivity index (χ4v) is 3.03. The van der Waals surface area contributed by atoms with Crippen molar-refractivity contribution in [1.82, 2.24) is 9.88 Å². The molecule has 1 fully saturated rings. The molecule has 0 aromatic carbocycles. The summed E-state index contributed by atoms with van der Waals surface area (Å²) in [7, 11) is 0. The van der Waals surface area contributed by atoms with Crippen LogP contribution in [-0.4, -0.2) is 48.0 Å². The van der Waals surface area contributed by atoms with Crippen LogP contribution in [-0.2, 0) is 4.79 Å². The second kappa shape index (κ2) is 8.34. The molecule has 0 aliphatic carbocycles. The Morgan fingerprint density at radius 1 is 1.27 bits per heavy atom. The molecule has 22 heavy (non-hydrogen) atoms. The molecule has 1 aromatic rings. The zero-order valence-electron chi connectivity index (χ0n) is 13.5. The molecule has 5 nitrogen and oxygen atoms in total. The fourth-order valence-electron chi connectivity index (χ4n) is 2.17. The number of amides is 1. The van der Waals surface area contributed by atoms with Crippen molar-refractivity contribution in [3.05, 3.63) is 11.1 Å². The van der Waals surface area contributed by atoms with E-state index < -0.39 is 6.04 Å². The predicted octanol–water partition coefficient (Wildman–Crippen LogP) is 2.32. The average molecular weight is 369 g/mol. The lowest BCUT2D eigenvalue weighted by Gasteiger charge is -2.38. The van der Waals surface area contributed by atoms with Crippen LogP contribution in [0.3, 0.4) is 0 Å². The molecule has 1 saturated heterocycles. The lowest BCUT2D eigenvalue weighted by molar-refractivity contribution is -0.135. The summed E-state index contributed by atoms with van der Waals surface area (Å²) < 4.78 is 0. The van der Waals surface area contributed by atoms with E-state index in [1.807, 2.05) is 32.6 Å². The van der Waals surface area contributed by atoms with Crippen LogP contribution in [0.1, 0.15) is 26.5 Å². The Balaban J connectivity index is 0.00000220. The minimum atomic E-state index is -0.434. The Bertz CT molecular complexity index is 481. The number of aromatic nitrogens is 1. The highest BCUT2D eigenvalue weighted by atomic mass is 35.5. The minimum absolute atomic E-state index is 0. The summed E-state index contributed by atoms with van der Waals surface area (Å²) in [4.78, 5) is 21.0. The first kappa shape index (κ1) is 21.4. The molecule has 8 heteroatoms. The third-order valence-electron chi connectivity index (χ3n) is 3.67. The second-order valence-electron chi connectivity index (χ2n) is 6.43. The van der Waals surface area contributed by atoms with Crippen LogP contribution in [0, 0.1) is 12.3 Å². The summed E-state index contributed by atoms with van der Waals surface area (Å²) in [5.41, 5.74) is 6.92. The van der Waals surface area contributed by atoms with Gasteiger partial charge in [0.15, 0.2) is 5.13 Å². The molecule has 2 rings (SSSR count). The quantitative estimate of drug-likeness (QED) is 0.869. The standard InChI is InChI=1S/C14H24N4OS.2ClH/c1-10-9-20-13(16-10)18-7-5-17(6-8-18)12(19)11(15)14(2,3)4;;/h9,11H,5-8,15H2,1-4H3;2*1H/t11-;;/m1../s1. The molecule has 2 heterocycles.